The van der Waals surface area contributed by atoms with Gasteiger partial charge in [-0.15, -0.1) is 0 Å². The summed E-state index contributed by atoms with van der Waals surface area (Å²) >= 11 is 0. The van der Waals surface area contributed by atoms with Gasteiger partial charge in [-0.2, -0.15) is 4.90 Å². The molecule has 2 aromatic rings. The lowest BCUT2D eigenvalue weighted by Crippen LogP contribution is -2.44. The monoisotopic (exact) mass is 475 g/mol. The van der Waals surface area contributed by atoms with Crippen LogP contribution in [0.4, 0.5) is 19.8 Å². The zero-order chi connectivity index (χ0) is 25.8. The third kappa shape index (κ3) is 6.72. The lowest BCUT2D eigenvalue weighted by Gasteiger charge is -2.28. The summed E-state index contributed by atoms with van der Waals surface area (Å²) < 4.78 is 31.0. The molecule has 0 saturated carbocycles. The minimum Gasteiger partial charge on any atom is -0.465 e. The smallest absolute Gasteiger partial charge is 0.425 e. The summed E-state index contributed by atoms with van der Waals surface area (Å²) in [6, 6.07) is 1.41. The normalized spacial score (nSPS) is 11.6. The first-order chi connectivity index (χ1) is 15.6. The highest BCUT2D eigenvalue weighted by Gasteiger charge is 2.36. The third-order valence-electron chi connectivity index (χ3n) is 4.42. The fourth-order valence-electron chi connectivity index (χ4n) is 2.89. The molecule has 2 heterocycles. The molecule has 0 saturated heterocycles. The van der Waals surface area contributed by atoms with Crippen molar-refractivity contribution in [3.8, 4) is 0 Å². The van der Waals surface area contributed by atoms with Crippen LogP contribution in [-0.4, -0.2) is 46.4 Å². The molecule has 184 valence electrons. The molecule has 0 spiro atoms. The van der Waals surface area contributed by atoms with E-state index in [-0.39, 0.29) is 17.5 Å². The number of pyridine rings is 2. The number of ether oxygens (including phenoxy) is 3. The molecule has 10 heteroatoms. The molecule has 0 aliphatic rings. The van der Waals surface area contributed by atoms with Crippen LogP contribution in [0.1, 0.15) is 68.6 Å². The molecule has 0 bridgehead atoms. The lowest BCUT2D eigenvalue weighted by atomic mass is 9.99. The van der Waals surface area contributed by atoms with E-state index < -0.39 is 41.0 Å². The topological polar surface area (TPSA) is 108 Å². The van der Waals surface area contributed by atoms with Gasteiger partial charge in [-0.3, -0.25) is 4.98 Å². The number of halogens is 1. The number of carbonyl (C=O) groups is 3. The van der Waals surface area contributed by atoms with Gasteiger partial charge in [0.25, 0.3) is 0 Å². The molecule has 0 radical (unpaired) electrons. The highest BCUT2D eigenvalue weighted by Crippen LogP contribution is 2.27. The SMILES string of the molecule is COC(=O)c1cncc(Cc2ccnc(N(C(=O)OC(C)(C)C)C(=O)OC(C)(C)C)c2F)c1C. The molecule has 0 N–H and O–H groups in total. The van der Waals surface area contributed by atoms with Crippen LogP contribution in [0.25, 0.3) is 0 Å². The molecular weight excluding hydrogens is 445 g/mol. The maximum absolute atomic E-state index is 15.6. The number of rotatable bonds is 4. The van der Waals surface area contributed by atoms with Crippen molar-refractivity contribution in [1.82, 2.24) is 9.97 Å². The average molecular weight is 476 g/mol. The van der Waals surface area contributed by atoms with E-state index in [4.69, 9.17) is 14.2 Å². The largest absolute Gasteiger partial charge is 0.465 e. The van der Waals surface area contributed by atoms with Crippen molar-refractivity contribution >= 4 is 24.0 Å². The number of amides is 2. The van der Waals surface area contributed by atoms with Crippen LogP contribution in [0.2, 0.25) is 0 Å². The Morgan fingerprint density at radius 3 is 2.03 bits per heavy atom. The predicted molar refractivity (Wildman–Crippen MR) is 122 cm³/mol. The minimum atomic E-state index is -1.13. The van der Waals surface area contributed by atoms with Crippen molar-refractivity contribution in [3.63, 3.8) is 0 Å². The number of hydrogen-bond acceptors (Lipinski definition) is 8. The second-order valence-corrected chi connectivity index (χ2v) is 9.54. The summed E-state index contributed by atoms with van der Waals surface area (Å²) in [5.74, 6) is -2.04. The van der Waals surface area contributed by atoms with E-state index >= 15 is 4.39 Å². The number of esters is 1. The summed E-state index contributed by atoms with van der Waals surface area (Å²) in [4.78, 5) is 46.1. The van der Waals surface area contributed by atoms with E-state index in [1.807, 2.05) is 0 Å². The van der Waals surface area contributed by atoms with Crippen LogP contribution >= 0.6 is 0 Å². The Balaban J connectivity index is 2.52. The zero-order valence-corrected chi connectivity index (χ0v) is 20.7. The van der Waals surface area contributed by atoms with Crippen LogP contribution in [0.15, 0.2) is 24.7 Å². The van der Waals surface area contributed by atoms with Crippen molar-refractivity contribution in [2.45, 2.75) is 66.1 Å². The van der Waals surface area contributed by atoms with Crippen molar-refractivity contribution in [2.75, 3.05) is 12.0 Å². The zero-order valence-electron chi connectivity index (χ0n) is 20.7. The molecule has 2 amide bonds. The number of methoxy groups -OCH3 is 1. The minimum absolute atomic E-state index is 0.0154. The highest BCUT2D eigenvalue weighted by molar-refractivity contribution is 6.08. The molecule has 0 unspecified atom stereocenters. The molecule has 0 atom stereocenters. The van der Waals surface area contributed by atoms with Gasteiger partial charge in [-0.25, -0.2) is 23.8 Å². The van der Waals surface area contributed by atoms with E-state index in [1.54, 1.807) is 48.5 Å². The predicted octanol–water partition coefficient (Wildman–Crippen LogP) is 4.98. The second kappa shape index (κ2) is 10.1. The van der Waals surface area contributed by atoms with Crippen LogP contribution in [-0.2, 0) is 20.6 Å². The van der Waals surface area contributed by atoms with E-state index in [9.17, 15) is 14.4 Å². The molecule has 0 aromatic carbocycles. The Labute approximate surface area is 198 Å². The Morgan fingerprint density at radius 2 is 1.53 bits per heavy atom. The van der Waals surface area contributed by atoms with Gasteiger partial charge in [0.2, 0.25) is 0 Å². The second-order valence-electron chi connectivity index (χ2n) is 9.54. The number of imide groups is 1. The van der Waals surface area contributed by atoms with Crippen molar-refractivity contribution < 1.29 is 33.0 Å². The molecule has 0 aliphatic heterocycles. The first-order valence-corrected chi connectivity index (χ1v) is 10.6. The first kappa shape index (κ1) is 26.7. The van der Waals surface area contributed by atoms with Gasteiger partial charge in [0.15, 0.2) is 11.6 Å². The van der Waals surface area contributed by atoms with Crippen molar-refractivity contribution in [3.05, 3.63) is 52.7 Å². The molecular formula is C24H30FN3O6. The Kier molecular flexibility index (Phi) is 7.97. The number of aromatic nitrogens is 2. The van der Waals surface area contributed by atoms with Crippen molar-refractivity contribution in [1.29, 1.82) is 0 Å². The molecule has 0 aliphatic carbocycles. The van der Waals surface area contributed by atoms with E-state index in [2.05, 4.69) is 9.97 Å². The van der Waals surface area contributed by atoms with Gasteiger partial charge in [-0.1, -0.05) is 0 Å². The quantitative estimate of drug-likeness (QED) is 0.450. The van der Waals surface area contributed by atoms with E-state index in [1.165, 1.54) is 31.8 Å². The number of anilines is 1. The average Bonchev–Trinajstić information content (AvgIpc) is 2.69. The van der Waals surface area contributed by atoms with Gasteiger partial charge < -0.3 is 14.2 Å². The molecule has 2 aromatic heterocycles. The molecule has 9 nitrogen and oxygen atoms in total. The Morgan fingerprint density at radius 1 is 0.971 bits per heavy atom. The van der Waals surface area contributed by atoms with Crippen LogP contribution < -0.4 is 4.90 Å². The Hall–Kier alpha value is -3.56. The highest BCUT2D eigenvalue weighted by atomic mass is 19.1. The van der Waals surface area contributed by atoms with E-state index in [0.29, 0.717) is 16.0 Å². The molecule has 34 heavy (non-hydrogen) atoms. The summed E-state index contributed by atoms with van der Waals surface area (Å²) in [6.07, 6.45) is 1.89. The first-order valence-electron chi connectivity index (χ1n) is 10.6. The standard InChI is InChI=1S/C24H30FN3O6/c1-14-16(12-26-13-17(14)20(29)32-8)11-15-9-10-27-19(18(15)25)28(21(30)33-23(2,3)4)22(31)34-24(5,6)7/h9-10,12-13H,11H2,1-8H3. The van der Waals surface area contributed by atoms with Gasteiger partial charge in [-0.05, 0) is 71.2 Å². The van der Waals surface area contributed by atoms with Crippen LogP contribution in [0.5, 0.6) is 0 Å². The number of carbonyl (C=O) groups excluding carboxylic acids is 3. The van der Waals surface area contributed by atoms with Gasteiger partial charge >= 0.3 is 18.2 Å². The van der Waals surface area contributed by atoms with Gasteiger partial charge in [0, 0.05) is 25.0 Å². The summed E-state index contributed by atoms with van der Waals surface area (Å²) in [5, 5.41) is 0. The summed E-state index contributed by atoms with van der Waals surface area (Å²) in [7, 11) is 1.26. The fraction of sp³-hybridized carbons (Fsp3) is 0.458. The van der Waals surface area contributed by atoms with Crippen LogP contribution in [0.3, 0.4) is 0 Å². The van der Waals surface area contributed by atoms with Crippen molar-refractivity contribution in [2.24, 2.45) is 0 Å². The van der Waals surface area contributed by atoms with E-state index in [0.717, 1.165) is 0 Å². The van der Waals surface area contributed by atoms with Gasteiger partial charge in [0.05, 0.1) is 12.7 Å². The maximum atomic E-state index is 15.6. The third-order valence-corrected chi connectivity index (χ3v) is 4.42. The number of hydrogen-bond donors (Lipinski definition) is 0. The van der Waals surface area contributed by atoms with Crippen LogP contribution in [0, 0.1) is 12.7 Å². The van der Waals surface area contributed by atoms with Gasteiger partial charge in [0.1, 0.15) is 11.2 Å². The molecule has 0 fully saturated rings. The summed E-state index contributed by atoms with van der Waals surface area (Å²) in [6.45, 7) is 11.4. The Bertz CT molecular complexity index is 1060. The lowest BCUT2D eigenvalue weighted by molar-refractivity contribution is 0.0426. The maximum Gasteiger partial charge on any atom is 0.425 e. The fourth-order valence-corrected chi connectivity index (χ4v) is 2.89. The molecule has 2 rings (SSSR count). The summed E-state index contributed by atoms with van der Waals surface area (Å²) in [5.41, 5.74) is -0.422. The number of nitrogens with zero attached hydrogens (tertiary/aromatic N) is 3.